The lowest BCUT2D eigenvalue weighted by molar-refractivity contribution is -0.116. The van der Waals surface area contributed by atoms with E-state index in [-0.39, 0.29) is 0 Å². The van der Waals surface area contributed by atoms with Crippen molar-refractivity contribution in [2.45, 2.75) is 30.0 Å². The van der Waals surface area contributed by atoms with Crippen LogP contribution in [0.2, 0.25) is 0 Å². The van der Waals surface area contributed by atoms with Gasteiger partial charge < -0.3 is 31.3 Å². The van der Waals surface area contributed by atoms with Gasteiger partial charge in [-0.25, -0.2) is 0 Å². The van der Waals surface area contributed by atoms with E-state index in [1.165, 1.54) is 0 Å². The third-order valence-electron chi connectivity index (χ3n) is 2.38. The molecule has 0 unspecified atom stereocenters. The van der Waals surface area contributed by atoms with Crippen LogP contribution >= 0.6 is 0 Å². The molecule has 0 aromatic rings. The molecular weight excluding hydrogens is 166 g/mol. The highest BCUT2D eigenvalue weighted by atomic mass is 16.4. The van der Waals surface area contributed by atoms with Crippen molar-refractivity contribution in [3.63, 3.8) is 0 Å². The standard InChI is InChI=1S/C6H13NO5/c7-4-2(9)3(10)5(11)6(4,12)1-8/h2-5,8-12H,1,7H2/t2-,3-,4-,5-,6+/m0/s1. The maximum absolute atomic E-state index is 9.43. The summed E-state index contributed by atoms with van der Waals surface area (Å²) < 4.78 is 0. The van der Waals surface area contributed by atoms with Crippen molar-refractivity contribution < 1.29 is 25.5 Å². The minimum absolute atomic E-state index is 0.802. The second-order valence-electron chi connectivity index (χ2n) is 3.10. The Labute approximate surface area is 68.9 Å². The molecule has 0 bridgehead atoms. The van der Waals surface area contributed by atoms with E-state index in [1.54, 1.807) is 0 Å². The Kier molecular flexibility index (Phi) is 2.39. The number of rotatable bonds is 1. The summed E-state index contributed by atoms with van der Waals surface area (Å²) in [7, 11) is 0. The van der Waals surface area contributed by atoms with Crippen LogP contribution in [0.1, 0.15) is 0 Å². The van der Waals surface area contributed by atoms with E-state index < -0.39 is 36.6 Å². The van der Waals surface area contributed by atoms with Crippen LogP contribution in [0.25, 0.3) is 0 Å². The largest absolute Gasteiger partial charge is 0.393 e. The van der Waals surface area contributed by atoms with Gasteiger partial charge in [0.2, 0.25) is 0 Å². The van der Waals surface area contributed by atoms with Crippen LogP contribution in [0.5, 0.6) is 0 Å². The average Bonchev–Trinajstić information content (AvgIpc) is 2.22. The Morgan fingerprint density at radius 3 is 1.83 bits per heavy atom. The lowest BCUT2D eigenvalue weighted by Crippen LogP contribution is -2.55. The van der Waals surface area contributed by atoms with Crippen LogP contribution < -0.4 is 5.73 Å². The second-order valence-corrected chi connectivity index (χ2v) is 3.10. The lowest BCUT2D eigenvalue weighted by Gasteiger charge is -2.28. The topological polar surface area (TPSA) is 127 Å². The minimum Gasteiger partial charge on any atom is -0.393 e. The molecule has 0 amide bonds. The SMILES string of the molecule is N[C@H]1[C@@H](O)[C@H](O)[C@H](O)[C@@]1(O)CO. The Morgan fingerprint density at radius 1 is 1.17 bits per heavy atom. The van der Waals surface area contributed by atoms with Gasteiger partial charge in [0.05, 0.1) is 12.6 Å². The molecule has 1 rings (SSSR count). The van der Waals surface area contributed by atoms with Gasteiger partial charge in [0.25, 0.3) is 0 Å². The summed E-state index contributed by atoms with van der Waals surface area (Å²) in [6.45, 7) is -0.802. The molecule has 0 heterocycles. The molecule has 1 saturated carbocycles. The third kappa shape index (κ3) is 1.05. The molecule has 0 saturated heterocycles. The average molecular weight is 179 g/mol. The number of aliphatic hydroxyl groups excluding tert-OH is 4. The van der Waals surface area contributed by atoms with Gasteiger partial charge >= 0.3 is 0 Å². The molecule has 0 spiro atoms. The number of hydrogen-bond acceptors (Lipinski definition) is 6. The molecular formula is C6H13NO5. The Balaban J connectivity index is 2.90. The van der Waals surface area contributed by atoms with E-state index in [0.717, 1.165) is 0 Å². The normalized spacial score (nSPS) is 54.5. The van der Waals surface area contributed by atoms with Crippen molar-refractivity contribution in [1.82, 2.24) is 0 Å². The van der Waals surface area contributed by atoms with Crippen LogP contribution in [0, 0.1) is 0 Å². The molecule has 72 valence electrons. The molecule has 5 atom stereocenters. The summed E-state index contributed by atoms with van der Waals surface area (Å²) in [4.78, 5) is 0. The van der Waals surface area contributed by atoms with Gasteiger partial charge in [-0.2, -0.15) is 0 Å². The zero-order chi connectivity index (χ0) is 9.52. The lowest BCUT2D eigenvalue weighted by atomic mass is 9.97. The predicted octanol–water partition coefficient (Wildman–Crippen LogP) is -3.87. The Hall–Kier alpha value is -0.240. The number of aliphatic hydroxyl groups is 5. The molecule has 1 aliphatic rings. The van der Waals surface area contributed by atoms with Crippen molar-refractivity contribution in [3.8, 4) is 0 Å². The van der Waals surface area contributed by atoms with Crippen molar-refractivity contribution >= 4 is 0 Å². The summed E-state index contributed by atoms with van der Waals surface area (Å²) in [5.74, 6) is 0. The molecule has 0 aromatic carbocycles. The second kappa shape index (κ2) is 2.91. The monoisotopic (exact) mass is 179 g/mol. The first kappa shape index (κ1) is 9.85. The molecule has 0 aliphatic heterocycles. The van der Waals surface area contributed by atoms with E-state index in [2.05, 4.69) is 0 Å². The maximum Gasteiger partial charge on any atom is 0.134 e. The highest BCUT2D eigenvalue weighted by molar-refractivity contribution is 5.11. The summed E-state index contributed by atoms with van der Waals surface area (Å²) >= 11 is 0. The summed E-state index contributed by atoms with van der Waals surface area (Å²) in [6.07, 6.45) is -4.55. The molecule has 12 heavy (non-hydrogen) atoms. The highest BCUT2D eigenvalue weighted by Crippen LogP contribution is 2.29. The zero-order valence-corrected chi connectivity index (χ0v) is 6.33. The Morgan fingerprint density at radius 2 is 1.67 bits per heavy atom. The van der Waals surface area contributed by atoms with Crippen molar-refractivity contribution in [2.75, 3.05) is 6.61 Å². The van der Waals surface area contributed by atoms with Gasteiger partial charge in [-0.3, -0.25) is 0 Å². The molecule has 6 nitrogen and oxygen atoms in total. The first-order valence-electron chi connectivity index (χ1n) is 3.58. The molecule has 0 radical (unpaired) electrons. The van der Waals surface area contributed by atoms with Crippen molar-refractivity contribution in [1.29, 1.82) is 0 Å². The highest BCUT2D eigenvalue weighted by Gasteiger charge is 2.57. The van der Waals surface area contributed by atoms with Crippen LogP contribution in [-0.2, 0) is 0 Å². The fraction of sp³-hybridized carbons (Fsp3) is 1.00. The van der Waals surface area contributed by atoms with Crippen LogP contribution in [0.3, 0.4) is 0 Å². The smallest absolute Gasteiger partial charge is 0.134 e. The van der Waals surface area contributed by atoms with E-state index in [4.69, 9.17) is 26.2 Å². The van der Waals surface area contributed by atoms with Gasteiger partial charge in [-0.1, -0.05) is 0 Å². The minimum atomic E-state index is -2.02. The quantitative estimate of drug-likeness (QED) is 0.244. The molecule has 1 fully saturated rings. The zero-order valence-electron chi connectivity index (χ0n) is 6.33. The fourth-order valence-corrected chi connectivity index (χ4v) is 1.39. The predicted molar refractivity (Wildman–Crippen MR) is 38.0 cm³/mol. The van der Waals surface area contributed by atoms with Crippen LogP contribution in [0.15, 0.2) is 0 Å². The number of nitrogens with two attached hydrogens (primary N) is 1. The van der Waals surface area contributed by atoms with E-state index >= 15 is 0 Å². The van der Waals surface area contributed by atoms with Gasteiger partial charge in [0, 0.05) is 0 Å². The molecule has 7 N–H and O–H groups in total. The molecule has 1 aliphatic carbocycles. The first-order chi connectivity index (χ1) is 5.45. The van der Waals surface area contributed by atoms with Crippen LogP contribution in [-0.4, -0.2) is 62.1 Å². The van der Waals surface area contributed by atoms with Crippen molar-refractivity contribution in [2.24, 2.45) is 5.73 Å². The van der Waals surface area contributed by atoms with E-state index in [9.17, 15) is 5.11 Å². The van der Waals surface area contributed by atoms with Gasteiger partial charge in [0.15, 0.2) is 0 Å². The van der Waals surface area contributed by atoms with Gasteiger partial charge in [-0.15, -0.1) is 0 Å². The summed E-state index contributed by atoms with van der Waals surface area (Å²) in [5, 5.41) is 45.4. The third-order valence-corrected chi connectivity index (χ3v) is 2.38. The Bertz CT molecular complexity index is 161. The van der Waals surface area contributed by atoms with Crippen LogP contribution in [0.4, 0.5) is 0 Å². The summed E-state index contributed by atoms with van der Waals surface area (Å²) in [6, 6.07) is -1.24. The van der Waals surface area contributed by atoms with Crippen molar-refractivity contribution in [3.05, 3.63) is 0 Å². The van der Waals surface area contributed by atoms with Gasteiger partial charge in [-0.05, 0) is 0 Å². The fourth-order valence-electron chi connectivity index (χ4n) is 1.39. The van der Waals surface area contributed by atoms with E-state index in [1.807, 2.05) is 0 Å². The first-order valence-corrected chi connectivity index (χ1v) is 3.58. The van der Waals surface area contributed by atoms with Gasteiger partial charge in [0.1, 0.15) is 23.9 Å². The maximum atomic E-state index is 9.43. The molecule has 6 heteroatoms. The number of hydrogen-bond donors (Lipinski definition) is 6. The molecule has 0 aromatic heterocycles. The van der Waals surface area contributed by atoms with E-state index in [0.29, 0.717) is 0 Å². The summed E-state index contributed by atoms with van der Waals surface area (Å²) in [5.41, 5.74) is 3.25.